The second kappa shape index (κ2) is 8.68. The standard InChI is InChI=1S/C18H14ClN5O6/c1-30-18(27)23-22-14(16(25)9-2-4-10(19)5-3-9)15-17(26)21-13-8-11(24(28)29)6-7-12(13)20-15/h2-8,16,25H,1H3,(H,21,26)(H,23,27)/b22-14-. The molecule has 0 aliphatic rings. The number of amides is 1. The normalized spacial score (nSPS) is 12.4. The molecule has 0 saturated carbocycles. The van der Waals surface area contributed by atoms with Crippen molar-refractivity contribution in [3.05, 3.63) is 79.2 Å². The van der Waals surface area contributed by atoms with Crippen LogP contribution in [0, 0.1) is 10.1 Å². The third-order valence-corrected chi connectivity index (χ3v) is 4.28. The molecule has 0 fully saturated rings. The molecule has 3 rings (SSSR count). The zero-order chi connectivity index (χ0) is 21.8. The van der Waals surface area contributed by atoms with E-state index in [2.05, 4.69) is 25.2 Å². The highest BCUT2D eigenvalue weighted by Crippen LogP contribution is 2.21. The third kappa shape index (κ3) is 4.42. The fourth-order valence-corrected chi connectivity index (χ4v) is 2.69. The summed E-state index contributed by atoms with van der Waals surface area (Å²) in [7, 11) is 1.12. The zero-order valence-electron chi connectivity index (χ0n) is 15.3. The molecule has 2 aromatic carbocycles. The number of aromatic amines is 1. The average molecular weight is 432 g/mol. The zero-order valence-corrected chi connectivity index (χ0v) is 16.1. The Morgan fingerprint density at radius 3 is 2.67 bits per heavy atom. The first kappa shape index (κ1) is 20.9. The van der Waals surface area contributed by atoms with Crippen LogP contribution in [0.3, 0.4) is 0 Å². The van der Waals surface area contributed by atoms with Crippen molar-refractivity contribution in [3.63, 3.8) is 0 Å². The lowest BCUT2D eigenvalue weighted by Crippen LogP contribution is -2.29. The number of nitrogens with zero attached hydrogens (tertiary/aromatic N) is 3. The monoisotopic (exact) mass is 431 g/mol. The van der Waals surface area contributed by atoms with Gasteiger partial charge in [0.15, 0.2) is 5.69 Å². The van der Waals surface area contributed by atoms with Crippen molar-refractivity contribution in [3.8, 4) is 0 Å². The van der Waals surface area contributed by atoms with Gasteiger partial charge < -0.3 is 14.8 Å². The first-order chi connectivity index (χ1) is 14.3. The Morgan fingerprint density at radius 1 is 1.33 bits per heavy atom. The van der Waals surface area contributed by atoms with Crippen LogP contribution < -0.4 is 11.0 Å². The Labute approximate surface area is 173 Å². The predicted molar refractivity (Wildman–Crippen MR) is 108 cm³/mol. The number of aliphatic hydroxyl groups excluding tert-OH is 1. The van der Waals surface area contributed by atoms with Crippen molar-refractivity contribution in [2.75, 3.05) is 7.11 Å². The number of carbonyl (C=O) groups is 1. The number of nitrogens with one attached hydrogen (secondary N) is 2. The number of carbonyl (C=O) groups excluding carboxylic acids is 1. The van der Waals surface area contributed by atoms with E-state index in [0.717, 1.165) is 13.2 Å². The van der Waals surface area contributed by atoms with E-state index < -0.39 is 22.7 Å². The molecule has 11 nitrogen and oxygen atoms in total. The molecule has 12 heteroatoms. The number of hydrogen-bond donors (Lipinski definition) is 3. The maximum absolute atomic E-state index is 12.6. The van der Waals surface area contributed by atoms with E-state index >= 15 is 0 Å². The topological polar surface area (TPSA) is 160 Å². The number of nitro groups is 1. The second-order valence-electron chi connectivity index (χ2n) is 5.93. The van der Waals surface area contributed by atoms with E-state index in [-0.39, 0.29) is 28.1 Å². The molecule has 0 aliphatic heterocycles. The maximum Gasteiger partial charge on any atom is 0.427 e. The molecule has 1 amide bonds. The smallest absolute Gasteiger partial charge is 0.427 e. The van der Waals surface area contributed by atoms with Gasteiger partial charge in [-0.3, -0.25) is 14.9 Å². The van der Waals surface area contributed by atoms with Crippen LogP contribution in [0.25, 0.3) is 11.0 Å². The number of ether oxygens (including phenoxy) is 1. The lowest BCUT2D eigenvalue weighted by atomic mass is 10.0. The van der Waals surface area contributed by atoms with Gasteiger partial charge in [-0.15, -0.1) is 0 Å². The fourth-order valence-electron chi connectivity index (χ4n) is 2.56. The Morgan fingerprint density at radius 2 is 2.03 bits per heavy atom. The van der Waals surface area contributed by atoms with Crippen LogP contribution in [0.4, 0.5) is 10.5 Å². The van der Waals surface area contributed by atoms with E-state index in [0.29, 0.717) is 10.6 Å². The molecular formula is C18H14ClN5O6. The number of H-pyrrole nitrogens is 1. The minimum atomic E-state index is -1.46. The lowest BCUT2D eigenvalue weighted by Gasteiger charge is -2.14. The van der Waals surface area contributed by atoms with Gasteiger partial charge >= 0.3 is 6.09 Å². The SMILES string of the molecule is COC(=O)N/N=C(/c1nc2ccc([N+](=O)[O-])cc2[nH]c1=O)C(O)c1ccc(Cl)cc1. The van der Waals surface area contributed by atoms with Crippen LogP contribution in [0.5, 0.6) is 0 Å². The van der Waals surface area contributed by atoms with Crippen LogP contribution in [-0.4, -0.2) is 38.9 Å². The molecule has 30 heavy (non-hydrogen) atoms. The van der Waals surface area contributed by atoms with Crippen molar-refractivity contribution < 1.29 is 19.6 Å². The number of methoxy groups -OCH3 is 1. The summed E-state index contributed by atoms with van der Waals surface area (Å²) < 4.78 is 4.45. The van der Waals surface area contributed by atoms with Crippen molar-refractivity contribution in [2.45, 2.75) is 6.10 Å². The van der Waals surface area contributed by atoms with Crippen LogP contribution in [0.1, 0.15) is 17.4 Å². The number of hydrazone groups is 1. The summed E-state index contributed by atoms with van der Waals surface area (Å²) in [4.78, 5) is 41.0. The van der Waals surface area contributed by atoms with Crippen molar-refractivity contribution in [1.29, 1.82) is 0 Å². The summed E-state index contributed by atoms with van der Waals surface area (Å²) >= 11 is 5.86. The quantitative estimate of drug-likeness (QED) is 0.317. The second-order valence-corrected chi connectivity index (χ2v) is 6.36. The van der Waals surface area contributed by atoms with Gasteiger partial charge in [0.25, 0.3) is 11.2 Å². The van der Waals surface area contributed by atoms with Gasteiger partial charge in [0.05, 0.1) is 23.1 Å². The molecule has 1 aromatic heterocycles. The van der Waals surface area contributed by atoms with E-state index in [1.54, 1.807) is 0 Å². The van der Waals surface area contributed by atoms with Crippen LogP contribution in [0.15, 0.2) is 52.4 Å². The summed E-state index contributed by atoms with van der Waals surface area (Å²) in [5.74, 6) is 0. The van der Waals surface area contributed by atoms with Gasteiger partial charge in [-0.1, -0.05) is 23.7 Å². The first-order valence-corrected chi connectivity index (χ1v) is 8.72. The summed E-state index contributed by atoms with van der Waals surface area (Å²) in [6.45, 7) is 0. The Hall–Kier alpha value is -3.83. The van der Waals surface area contributed by atoms with Crippen molar-refractivity contribution in [1.82, 2.24) is 15.4 Å². The molecule has 0 radical (unpaired) electrons. The highest BCUT2D eigenvalue weighted by atomic mass is 35.5. The molecule has 0 spiro atoms. The van der Waals surface area contributed by atoms with Crippen LogP contribution in [0.2, 0.25) is 5.02 Å². The van der Waals surface area contributed by atoms with E-state index in [1.165, 1.54) is 36.4 Å². The Balaban J connectivity index is 2.13. The highest BCUT2D eigenvalue weighted by Gasteiger charge is 2.23. The summed E-state index contributed by atoms with van der Waals surface area (Å²) in [6, 6.07) is 9.81. The number of non-ortho nitro benzene ring substituents is 1. The van der Waals surface area contributed by atoms with Gasteiger partial charge in [-0.25, -0.2) is 15.2 Å². The number of rotatable bonds is 5. The minimum absolute atomic E-state index is 0.124. The fraction of sp³-hybridized carbons (Fsp3) is 0.111. The summed E-state index contributed by atoms with van der Waals surface area (Å²) in [6.07, 6.45) is -2.38. The molecule has 154 valence electrons. The molecule has 3 N–H and O–H groups in total. The Kier molecular flexibility index (Phi) is 6.04. The van der Waals surface area contributed by atoms with Gasteiger partial charge in [0.2, 0.25) is 0 Å². The van der Waals surface area contributed by atoms with E-state index in [9.17, 15) is 24.8 Å². The molecule has 1 heterocycles. The molecular weight excluding hydrogens is 418 g/mol. The van der Waals surface area contributed by atoms with Crippen LogP contribution in [-0.2, 0) is 4.74 Å². The Bertz CT molecular complexity index is 1210. The number of aromatic nitrogens is 2. The molecule has 1 unspecified atom stereocenters. The number of aliphatic hydroxyl groups is 1. The minimum Gasteiger partial charge on any atom is -0.452 e. The number of hydrogen-bond acceptors (Lipinski definition) is 8. The summed E-state index contributed by atoms with van der Waals surface area (Å²) in [5.41, 5.74) is 1.14. The molecule has 3 aromatic rings. The number of halogens is 1. The van der Waals surface area contributed by atoms with Crippen molar-refractivity contribution >= 4 is 40.1 Å². The molecule has 0 aliphatic carbocycles. The van der Waals surface area contributed by atoms with Gasteiger partial charge in [0, 0.05) is 17.2 Å². The van der Waals surface area contributed by atoms with Crippen LogP contribution >= 0.6 is 11.6 Å². The van der Waals surface area contributed by atoms with Gasteiger partial charge in [0.1, 0.15) is 11.8 Å². The number of fused-ring (bicyclic) bond motifs is 1. The highest BCUT2D eigenvalue weighted by molar-refractivity contribution is 6.30. The first-order valence-electron chi connectivity index (χ1n) is 8.34. The number of nitro benzene ring substituents is 1. The predicted octanol–water partition coefficient (Wildman–Crippen LogP) is 2.28. The van der Waals surface area contributed by atoms with Gasteiger partial charge in [-0.05, 0) is 23.8 Å². The van der Waals surface area contributed by atoms with E-state index in [1.807, 2.05) is 0 Å². The molecule has 1 atom stereocenters. The van der Waals surface area contributed by atoms with Crippen molar-refractivity contribution in [2.24, 2.45) is 5.10 Å². The molecule has 0 saturated heterocycles. The summed E-state index contributed by atoms with van der Waals surface area (Å²) in [5, 5.41) is 25.9. The average Bonchev–Trinajstić information content (AvgIpc) is 2.73. The van der Waals surface area contributed by atoms with E-state index in [4.69, 9.17) is 11.6 Å². The largest absolute Gasteiger partial charge is 0.452 e. The molecule has 0 bridgehead atoms. The number of benzene rings is 2. The third-order valence-electron chi connectivity index (χ3n) is 4.03. The maximum atomic E-state index is 12.6. The lowest BCUT2D eigenvalue weighted by molar-refractivity contribution is -0.384. The van der Waals surface area contributed by atoms with Gasteiger partial charge in [-0.2, -0.15) is 5.10 Å².